The molecule has 3 nitrogen and oxygen atoms in total. The number of imidazole rings is 1. The van der Waals surface area contributed by atoms with Gasteiger partial charge in [0.15, 0.2) is 0 Å². The maximum absolute atomic E-state index is 13.0. The van der Waals surface area contributed by atoms with Gasteiger partial charge in [-0.2, -0.15) is 0 Å². The van der Waals surface area contributed by atoms with E-state index < -0.39 is 0 Å². The van der Waals surface area contributed by atoms with Crippen LogP contribution < -0.4 is 0 Å². The number of nitrogens with zero attached hydrogens (tertiary/aromatic N) is 3. The molecule has 3 rings (SSSR count). The second-order valence-electron chi connectivity index (χ2n) is 4.30. The smallest absolute Gasteiger partial charge is 0.123 e. The minimum absolute atomic E-state index is 0.248. The van der Waals surface area contributed by atoms with Crippen LogP contribution in [0.4, 0.5) is 4.39 Å². The number of aryl methyl sites for hydroxylation is 1. The Balaban J connectivity index is 2.16. The third-order valence-electron chi connectivity index (χ3n) is 2.99. The van der Waals surface area contributed by atoms with Crippen LogP contribution in [0.2, 0.25) is 0 Å². The standard InChI is InChI=1S/C15H12FN3/c1-19-10-18-14(11-4-6-13(16)7-5-11)15(19)12-3-2-8-17-9-12/h2-10H,1H3. The summed E-state index contributed by atoms with van der Waals surface area (Å²) in [5.41, 5.74) is 3.68. The third-order valence-corrected chi connectivity index (χ3v) is 2.99. The first-order chi connectivity index (χ1) is 9.25. The number of hydrogen-bond donors (Lipinski definition) is 0. The lowest BCUT2D eigenvalue weighted by Gasteiger charge is -2.06. The Labute approximate surface area is 110 Å². The van der Waals surface area contributed by atoms with Crippen LogP contribution in [0.15, 0.2) is 55.1 Å². The number of pyridine rings is 1. The fourth-order valence-corrected chi connectivity index (χ4v) is 2.09. The van der Waals surface area contributed by atoms with Crippen LogP contribution in [0.3, 0.4) is 0 Å². The molecular formula is C15H12FN3. The summed E-state index contributed by atoms with van der Waals surface area (Å²) in [7, 11) is 1.93. The predicted molar refractivity (Wildman–Crippen MR) is 71.8 cm³/mol. The summed E-state index contributed by atoms with van der Waals surface area (Å²) in [6.45, 7) is 0. The van der Waals surface area contributed by atoms with Crippen LogP contribution in [0.5, 0.6) is 0 Å². The van der Waals surface area contributed by atoms with Crippen LogP contribution in [-0.2, 0) is 7.05 Å². The third kappa shape index (κ3) is 2.12. The van der Waals surface area contributed by atoms with E-state index in [1.54, 1.807) is 30.9 Å². The summed E-state index contributed by atoms with van der Waals surface area (Å²) in [5, 5.41) is 0. The highest BCUT2D eigenvalue weighted by Crippen LogP contribution is 2.30. The fraction of sp³-hybridized carbons (Fsp3) is 0.0667. The van der Waals surface area contributed by atoms with Gasteiger partial charge in [0.25, 0.3) is 0 Å². The van der Waals surface area contributed by atoms with Crippen molar-refractivity contribution in [1.82, 2.24) is 14.5 Å². The molecule has 3 aromatic rings. The zero-order valence-electron chi connectivity index (χ0n) is 10.4. The molecule has 0 amide bonds. The molecule has 0 saturated carbocycles. The first-order valence-corrected chi connectivity index (χ1v) is 5.93. The van der Waals surface area contributed by atoms with E-state index >= 15 is 0 Å². The molecule has 0 atom stereocenters. The first-order valence-electron chi connectivity index (χ1n) is 5.93. The van der Waals surface area contributed by atoms with Crippen molar-refractivity contribution in [3.05, 3.63) is 60.9 Å². The molecule has 2 heterocycles. The highest BCUT2D eigenvalue weighted by molar-refractivity contribution is 5.78. The summed E-state index contributed by atoms with van der Waals surface area (Å²) in [5.74, 6) is -0.248. The van der Waals surface area contributed by atoms with Gasteiger partial charge in [-0.3, -0.25) is 4.98 Å². The van der Waals surface area contributed by atoms with E-state index in [1.165, 1.54) is 12.1 Å². The Kier molecular flexibility index (Phi) is 2.83. The van der Waals surface area contributed by atoms with E-state index in [0.29, 0.717) is 0 Å². The van der Waals surface area contributed by atoms with Crippen LogP contribution >= 0.6 is 0 Å². The van der Waals surface area contributed by atoms with E-state index in [0.717, 1.165) is 22.5 Å². The molecule has 0 N–H and O–H groups in total. The number of aromatic nitrogens is 3. The molecule has 1 aromatic carbocycles. The van der Waals surface area contributed by atoms with Crippen molar-refractivity contribution in [1.29, 1.82) is 0 Å². The molecule has 0 aliphatic heterocycles. The van der Waals surface area contributed by atoms with Gasteiger partial charge in [0.2, 0.25) is 0 Å². The normalized spacial score (nSPS) is 10.6. The van der Waals surface area contributed by atoms with Gasteiger partial charge >= 0.3 is 0 Å². The van der Waals surface area contributed by atoms with Gasteiger partial charge < -0.3 is 4.57 Å². The van der Waals surface area contributed by atoms with Crippen LogP contribution in [0.25, 0.3) is 22.5 Å². The summed E-state index contributed by atoms with van der Waals surface area (Å²) < 4.78 is 14.9. The molecule has 94 valence electrons. The lowest BCUT2D eigenvalue weighted by atomic mass is 10.1. The van der Waals surface area contributed by atoms with Gasteiger partial charge in [0.05, 0.1) is 17.7 Å². The Morgan fingerprint density at radius 3 is 2.53 bits per heavy atom. The minimum Gasteiger partial charge on any atom is -0.333 e. The summed E-state index contributed by atoms with van der Waals surface area (Å²) in [6.07, 6.45) is 5.28. The maximum atomic E-state index is 13.0. The first kappa shape index (κ1) is 11.6. The summed E-state index contributed by atoms with van der Waals surface area (Å²) in [6, 6.07) is 10.2. The molecule has 0 spiro atoms. The van der Waals surface area contributed by atoms with E-state index in [9.17, 15) is 4.39 Å². The van der Waals surface area contributed by atoms with Gasteiger partial charge in [-0.1, -0.05) is 0 Å². The Hall–Kier alpha value is -2.49. The van der Waals surface area contributed by atoms with Gasteiger partial charge in [0.1, 0.15) is 5.82 Å². The predicted octanol–water partition coefficient (Wildman–Crippen LogP) is 3.29. The van der Waals surface area contributed by atoms with Crippen LogP contribution in [-0.4, -0.2) is 14.5 Å². The lowest BCUT2D eigenvalue weighted by molar-refractivity contribution is 0.628. The van der Waals surface area contributed by atoms with E-state index in [2.05, 4.69) is 9.97 Å². The molecule has 2 aromatic heterocycles. The molecule has 0 bridgehead atoms. The second-order valence-corrected chi connectivity index (χ2v) is 4.30. The highest BCUT2D eigenvalue weighted by atomic mass is 19.1. The fourth-order valence-electron chi connectivity index (χ4n) is 2.09. The molecule has 0 fully saturated rings. The largest absolute Gasteiger partial charge is 0.333 e. The van der Waals surface area contributed by atoms with Crippen molar-refractivity contribution in [3.8, 4) is 22.5 Å². The van der Waals surface area contributed by atoms with Crippen molar-refractivity contribution >= 4 is 0 Å². The zero-order chi connectivity index (χ0) is 13.2. The maximum Gasteiger partial charge on any atom is 0.123 e. The molecule has 0 radical (unpaired) electrons. The zero-order valence-corrected chi connectivity index (χ0v) is 10.4. The number of rotatable bonds is 2. The second kappa shape index (κ2) is 4.65. The van der Waals surface area contributed by atoms with Gasteiger partial charge in [-0.25, -0.2) is 9.37 Å². The molecule has 0 unspecified atom stereocenters. The monoisotopic (exact) mass is 253 g/mol. The van der Waals surface area contributed by atoms with Crippen LogP contribution in [0, 0.1) is 5.82 Å². The molecule has 0 saturated heterocycles. The van der Waals surface area contributed by atoms with Crippen LogP contribution in [0.1, 0.15) is 0 Å². The molecule has 0 aliphatic rings. The van der Waals surface area contributed by atoms with Crippen molar-refractivity contribution in [3.63, 3.8) is 0 Å². The number of hydrogen-bond acceptors (Lipinski definition) is 2. The molecule has 4 heteroatoms. The van der Waals surface area contributed by atoms with Crippen molar-refractivity contribution in [2.24, 2.45) is 7.05 Å². The molecular weight excluding hydrogens is 241 g/mol. The Morgan fingerprint density at radius 2 is 1.84 bits per heavy atom. The van der Waals surface area contributed by atoms with Crippen molar-refractivity contribution in [2.45, 2.75) is 0 Å². The number of benzene rings is 1. The Bertz CT molecular complexity index is 687. The SMILES string of the molecule is Cn1cnc(-c2ccc(F)cc2)c1-c1cccnc1. The van der Waals surface area contributed by atoms with E-state index in [4.69, 9.17) is 0 Å². The average molecular weight is 253 g/mol. The minimum atomic E-state index is -0.248. The summed E-state index contributed by atoms with van der Waals surface area (Å²) in [4.78, 5) is 8.53. The van der Waals surface area contributed by atoms with Gasteiger partial charge in [-0.05, 0) is 36.4 Å². The van der Waals surface area contributed by atoms with Crippen molar-refractivity contribution in [2.75, 3.05) is 0 Å². The van der Waals surface area contributed by atoms with E-state index in [1.807, 2.05) is 23.7 Å². The number of halogens is 1. The lowest BCUT2D eigenvalue weighted by Crippen LogP contribution is -1.92. The Morgan fingerprint density at radius 1 is 1.05 bits per heavy atom. The topological polar surface area (TPSA) is 30.7 Å². The van der Waals surface area contributed by atoms with E-state index in [-0.39, 0.29) is 5.82 Å². The quantitative estimate of drug-likeness (QED) is 0.701. The molecule has 19 heavy (non-hydrogen) atoms. The van der Waals surface area contributed by atoms with Crippen molar-refractivity contribution < 1.29 is 4.39 Å². The molecule has 0 aliphatic carbocycles. The summed E-state index contributed by atoms with van der Waals surface area (Å²) >= 11 is 0. The average Bonchev–Trinajstić information content (AvgIpc) is 2.82. The highest BCUT2D eigenvalue weighted by Gasteiger charge is 2.13. The van der Waals surface area contributed by atoms with Gasteiger partial charge in [-0.15, -0.1) is 0 Å². The van der Waals surface area contributed by atoms with Gasteiger partial charge in [0, 0.05) is 30.6 Å².